The first-order valence-corrected chi connectivity index (χ1v) is 11.9. The summed E-state index contributed by atoms with van der Waals surface area (Å²) >= 11 is 0. The monoisotopic (exact) mass is 489 g/mol. The van der Waals surface area contributed by atoms with Crippen LogP contribution in [0.2, 0.25) is 0 Å². The molecule has 1 heterocycles. The number of carbonyl (C=O) groups excluding carboxylic acids is 2. The van der Waals surface area contributed by atoms with Gasteiger partial charge in [-0.25, -0.2) is 17.9 Å². The third kappa shape index (κ3) is 6.06. The van der Waals surface area contributed by atoms with E-state index >= 15 is 0 Å². The van der Waals surface area contributed by atoms with Gasteiger partial charge in [0, 0.05) is 31.4 Å². The summed E-state index contributed by atoms with van der Waals surface area (Å²) in [6.45, 7) is 1.62. The van der Waals surface area contributed by atoms with Crippen molar-refractivity contribution in [3.8, 4) is 11.5 Å². The molecule has 0 atom stereocenters. The van der Waals surface area contributed by atoms with Crippen LogP contribution >= 0.6 is 0 Å². The van der Waals surface area contributed by atoms with Crippen molar-refractivity contribution in [3.63, 3.8) is 0 Å². The van der Waals surface area contributed by atoms with Crippen molar-refractivity contribution in [2.45, 2.75) is 11.4 Å². The summed E-state index contributed by atoms with van der Waals surface area (Å²) in [6, 6.07) is 10.2. The van der Waals surface area contributed by atoms with Crippen molar-refractivity contribution in [2.75, 3.05) is 45.9 Å². The molecule has 1 saturated heterocycles. The summed E-state index contributed by atoms with van der Waals surface area (Å²) in [4.78, 5) is 24.8. The van der Waals surface area contributed by atoms with Gasteiger partial charge in [0.2, 0.25) is 15.9 Å². The predicted octanol–water partition coefficient (Wildman–Crippen LogP) is 1.30. The molecule has 1 fully saturated rings. The number of anilines is 1. The molecule has 34 heavy (non-hydrogen) atoms. The maximum atomic E-state index is 13.1. The summed E-state index contributed by atoms with van der Waals surface area (Å²) in [5.41, 5.74) is 2.04. The second kappa shape index (κ2) is 11.0. The van der Waals surface area contributed by atoms with Gasteiger partial charge in [0.25, 0.3) is 0 Å². The summed E-state index contributed by atoms with van der Waals surface area (Å²) in [5, 5.41) is 2.78. The van der Waals surface area contributed by atoms with Crippen molar-refractivity contribution < 1.29 is 32.2 Å². The highest BCUT2D eigenvalue weighted by Crippen LogP contribution is 2.36. The Balaban J connectivity index is 1.80. The molecule has 0 spiro atoms. The van der Waals surface area contributed by atoms with E-state index in [1.807, 2.05) is 17.0 Å². The lowest BCUT2D eigenvalue weighted by Gasteiger charge is -2.28. The largest absolute Gasteiger partial charge is 0.493 e. The Labute approximate surface area is 198 Å². The first-order chi connectivity index (χ1) is 16.3. The number of benzene rings is 2. The molecule has 2 aromatic rings. The lowest BCUT2D eigenvalue weighted by Crippen LogP contribution is -2.47. The van der Waals surface area contributed by atoms with Crippen molar-refractivity contribution in [1.29, 1.82) is 0 Å². The van der Waals surface area contributed by atoms with Crippen LogP contribution in [0.5, 0.6) is 11.5 Å². The minimum atomic E-state index is -4.01. The number of hydrogen-bond donors (Lipinski definition) is 2. The van der Waals surface area contributed by atoms with Crippen LogP contribution in [0.15, 0.2) is 47.4 Å². The molecule has 0 aromatic heterocycles. The minimum Gasteiger partial charge on any atom is -0.493 e. The molecule has 0 unspecified atom stereocenters. The standard InChI is InChI=1S/C23H27N3O7S/c1-31-19-12-17(6-9-22(28)32-2)13-20(23(19)33-3)34(29,30)25-14-16-4-7-18(8-5-16)26-11-10-24-21(27)15-26/h4-9,12-13,25H,10-11,14-15H2,1-3H3,(H,24,27)/b9-6+. The molecule has 0 bridgehead atoms. The van der Waals surface area contributed by atoms with Crippen molar-refractivity contribution in [2.24, 2.45) is 0 Å². The number of esters is 1. The number of amides is 1. The van der Waals surface area contributed by atoms with Gasteiger partial charge in [0.1, 0.15) is 4.90 Å². The first kappa shape index (κ1) is 25.1. The Bertz CT molecular complexity index is 1180. The summed E-state index contributed by atoms with van der Waals surface area (Å²) < 4.78 is 44.0. The van der Waals surface area contributed by atoms with Crippen LogP contribution in [0.25, 0.3) is 6.08 Å². The Morgan fingerprint density at radius 3 is 2.50 bits per heavy atom. The van der Waals surface area contributed by atoms with Crippen molar-refractivity contribution >= 4 is 33.7 Å². The third-order valence-electron chi connectivity index (χ3n) is 5.18. The topological polar surface area (TPSA) is 123 Å². The number of methoxy groups -OCH3 is 3. The smallest absolute Gasteiger partial charge is 0.330 e. The molecule has 3 rings (SSSR count). The normalized spacial score (nSPS) is 14.1. The zero-order valence-electron chi connectivity index (χ0n) is 19.2. The minimum absolute atomic E-state index is 0.0314. The average molecular weight is 490 g/mol. The van der Waals surface area contributed by atoms with E-state index in [4.69, 9.17) is 9.47 Å². The Morgan fingerprint density at radius 1 is 1.15 bits per heavy atom. The van der Waals surface area contributed by atoms with E-state index in [0.29, 0.717) is 18.7 Å². The highest BCUT2D eigenvalue weighted by Gasteiger charge is 2.24. The van der Waals surface area contributed by atoms with Crippen LogP contribution in [0, 0.1) is 0 Å². The summed E-state index contributed by atoms with van der Waals surface area (Å²) in [5.74, 6) is -0.365. The van der Waals surface area contributed by atoms with E-state index in [0.717, 1.165) is 11.3 Å². The van der Waals surface area contributed by atoms with Crippen LogP contribution in [0.1, 0.15) is 11.1 Å². The fraction of sp³-hybridized carbons (Fsp3) is 0.304. The molecule has 2 N–H and O–H groups in total. The van der Waals surface area contributed by atoms with Crippen LogP contribution in [-0.4, -0.2) is 61.3 Å². The van der Waals surface area contributed by atoms with E-state index in [2.05, 4.69) is 14.8 Å². The average Bonchev–Trinajstić information content (AvgIpc) is 2.85. The molecular formula is C23H27N3O7S. The fourth-order valence-electron chi connectivity index (χ4n) is 3.42. The van der Waals surface area contributed by atoms with Gasteiger partial charge in [0.15, 0.2) is 11.5 Å². The van der Waals surface area contributed by atoms with Crippen LogP contribution < -0.4 is 24.4 Å². The van der Waals surface area contributed by atoms with Gasteiger partial charge in [-0.15, -0.1) is 0 Å². The molecule has 0 saturated carbocycles. The number of sulfonamides is 1. The molecule has 1 aliphatic heterocycles. The third-order valence-corrected chi connectivity index (χ3v) is 6.58. The number of carbonyl (C=O) groups is 2. The Hall–Kier alpha value is -3.57. The molecule has 1 amide bonds. The van der Waals surface area contributed by atoms with E-state index < -0.39 is 16.0 Å². The molecule has 0 aliphatic carbocycles. The molecule has 2 aromatic carbocycles. The SMILES string of the molecule is COC(=O)/C=C/c1cc(OC)c(OC)c(S(=O)(=O)NCc2ccc(N3CCNC(=O)C3)cc2)c1. The number of nitrogens with zero attached hydrogens (tertiary/aromatic N) is 1. The van der Waals surface area contributed by atoms with Gasteiger partial charge in [-0.3, -0.25) is 4.79 Å². The number of nitrogens with one attached hydrogen (secondary N) is 2. The lowest BCUT2D eigenvalue weighted by molar-refractivity contribution is -0.134. The molecule has 11 heteroatoms. The van der Waals surface area contributed by atoms with Crippen molar-refractivity contribution in [1.82, 2.24) is 10.0 Å². The number of rotatable bonds is 9. The van der Waals surface area contributed by atoms with Gasteiger partial charge in [-0.05, 0) is 41.5 Å². The van der Waals surface area contributed by atoms with E-state index in [-0.39, 0.29) is 35.4 Å². The molecule has 0 radical (unpaired) electrons. The maximum Gasteiger partial charge on any atom is 0.330 e. The van der Waals surface area contributed by atoms with E-state index in [9.17, 15) is 18.0 Å². The van der Waals surface area contributed by atoms with Gasteiger partial charge in [-0.2, -0.15) is 0 Å². The zero-order chi connectivity index (χ0) is 24.7. The molecule has 10 nitrogen and oxygen atoms in total. The van der Waals surface area contributed by atoms with E-state index in [1.54, 1.807) is 18.2 Å². The molecular weight excluding hydrogens is 462 g/mol. The second-order valence-electron chi connectivity index (χ2n) is 7.37. The highest BCUT2D eigenvalue weighted by molar-refractivity contribution is 7.89. The van der Waals surface area contributed by atoms with Gasteiger partial charge in [0.05, 0.1) is 27.9 Å². The second-order valence-corrected chi connectivity index (χ2v) is 9.11. The predicted molar refractivity (Wildman–Crippen MR) is 126 cm³/mol. The van der Waals surface area contributed by atoms with Gasteiger partial charge in [-0.1, -0.05) is 12.1 Å². The number of piperazine rings is 1. The zero-order valence-corrected chi connectivity index (χ0v) is 20.0. The fourth-order valence-corrected chi connectivity index (χ4v) is 4.65. The van der Waals surface area contributed by atoms with E-state index in [1.165, 1.54) is 39.5 Å². The summed E-state index contributed by atoms with van der Waals surface area (Å²) in [6.07, 6.45) is 2.60. The van der Waals surface area contributed by atoms with Crippen LogP contribution in [-0.2, 0) is 30.9 Å². The molecule has 182 valence electrons. The molecule has 1 aliphatic rings. The summed E-state index contributed by atoms with van der Waals surface area (Å²) in [7, 11) is -0.0203. The Morgan fingerprint density at radius 2 is 1.88 bits per heavy atom. The Kier molecular flexibility index (Phi) is 8.13. The van der Waals surface area contributed by atoms with Crippen LogP contribution in [0.4, 0.5) is 5.69 Å². The van der Waals surface area contributed by atoms with Crippen molar-refractivity contribution in [3.05, 3.63) is 53.6 Å². The van der Waals surface area contributed by atoms with Gasteiger partial charge < -0.3 is 24.4 Å². The lowest BCUT2D eigenvalue weighted by atomic mass is 10.2. The number of ether oxygens (including phenoxy) is 3. The van der Waals surface area contributed by atoms with Crippen LogP contribution in [0.3, 0.4) is 0 Å². The quantitative estimate of drug-likeness (QED) is 0.399. The maximum absolute atomic E-state index is 13.1. The first-order valence-electron chi connectivity index (χ1n) is 10.4. The van der Waals surface area contributed by atoms with Gasteiger partial charge >= 0.3 is 5.97 Å². The highest BCUT2D eigenvalue weighted by atomic mass is 32.2. The number of hydrogen-bond acceptors (Lipinski definition) is 8.